The van der Waals surface area contributed by atoms with Crippen LogP contribution in [0.1, 0.15) is 17.0 Å². The lowest BCUT2D eigenvalue weighted by atomic mass is 10.1. The van der Waals surface area contributed by atoms with E-state index in [9.17, 15) is 28.0 Å². The Morgan fingerprint density at radius 1 is 1.08 bits per heavy atom. The molecule has 0 spiro atoms. The number of anilines is 1. The Morgan fingerprint density at radius 2 is 1.81 bits per heavy atom. The van der Waals surface area contributed by atoms with Gasteiger partial charge in [-0.25, -0.2) is 4.68 Å². The number of hydrogen-bond acceptors (Lipinski definition) is 4. The zero-order valence-corrected chi connectivity index (χ0v) is 19.1. The molecule has 0 radical (unpaired) electrons. The lowest BCUT2D eigenvalue weighted by molar-refractivity contribution is -0.137. The van der Waals surface area contributed by atoms with E-state index in [0.717, 1.165) is 18.2 Å². The Hall–Kier alpha value is -4.78. The maximum atomic E-state index is 13.0. The summed E-state index contributed by atoms with van der Waals surface area (Å²) in [6.07, 6.45) is -3.35. The van der Waals surface area contributed by atoms with Crippen molar-refractivity contribution in [2.24, 2.45) is 7.05 Å². The van der Waals surface area contributed by atoms with Crippen LogP contribution in [0.2, 0.25) is 0 Å². The predicted octanol–water partition coefficient (Wildman–Crippen LogP) is 5.31. The van der Waals surface area contributed by atoms with Gasteiger partial charge in [0.05, 0.1) is 16.9 Å². The van der Waals surface area contributed by atoms with Gasteiger partial charge in [-0.05, 0) is 43.3 Å². The van der Waals surface area contributed by atoms with Gasteiger partial charge < -0.3 is 9.73 Å². The molecule has 0 aliphatic heterocycles. The van der Waals surface area contributed by atoms with E-state index in [2.05, 4.69) is 5.32 Å². The minimum Gasteiger partial charge on any atom is -0.457 e. The second kappa shape index (κ2) is 9.46. The highest BCUT2D eigenvalue weighted by atomic mass is 19.4. The van der Waals surface area contributed by atoms with Crippen LogP contribution < -0.4 is 10.9 Å². The fourth-order valence-corrected chi connectivity index (χ4v) is 3.62. The molecule has 4 rings (SSSR count). The van der Waals surface area contributed by atoms with E-state index in [1.165, 1.54) is 28.9 Å². The second-order valence-electron chi connectivity index (χ2n) is 7.84. The van der Waals surface area contributed by atoms with Crippen LogP contribution in [0.25, 0.3) is 23.1 Å². The molecule has 0 bridgehead atoms. The Labute approximate surface area is 203 Å². The topological polar surface area (TPSA) is 93.0 Å². The second-order valence-corrected chi connectivity index (χ2v) is 7.84. The highest BCUT2D eigenvalue weighted by molar-refractivity contribution is 6.09. The maximum Gasteiger partial charge on any atom is 0.416 e. The van der Waals surface area contributed by atoms with E-state index >= 15 is 0 Å². The smallest absolute Gasteiger partial charge is 0.416 e. The van der Waals surface area contributed by atoms with Crippen molar-refractivity contribution in [1.29, 1.82) is 5.26 Å². The van der Waals surface area contributed by atoms with Crippen LogP contribution in [0.3, 0.4) is 0 Å². The largest absolute Gasteiger partial charge is 0.457 e. The Morgan fingerprint density at radius 3 is 2.47 bits per heavy atom. The van der Waals surface area contributed by atoms with E-state index in [1.54, 1.807) is 49.0 Å². The number of nitrogens with zero attached hydrogens (tertiary/aromatic N) is 3. The van der Waals surface area contributed by atoms with Crippen molar-refractivity contribution in [2.75, 3.05) is 5.32 Å². The summed E-state index contributed by atoms with van der Waals surface area (Å²) in [5.41, 5.74) is -0.386. The summed E-state index contributed by atoms with van der Waals surface area (Å²) in [5, 5.41) is 12.0. The highest BCUT2D eigenvalue weighted by Crippen LogP contribution is 2.33. The molecule has 4 aromatic rings. The third kappa shape index (κ3) is 4.72. The van der Waals surface area contributed by atoms with E-state index in [4.69, 9.17) is 4.42 Å². The first-order chi connectivity index (χ1) is 17.1. The number of carbonyl (C=O) groups excluding carboxylic acids is 1. The summed E-state index contributed by atoms with van der Waals surface area (Å²) >= 11 is 0. The van der Waals surface area contributed by atoms with Gasteiger partial charge >= 0.3 is 6.18 Å². The summed E-state index contributed by atoms with van der Waals surface area (Å²) in [7, 11) is 1.67. The molecule has 0 atom stereocenters. The van der Waals surface area contributed by atoms with Crippen molar-refractivity contribution < 1.29 is 22.4 Å². The first-order valence-electron chi connectivity index (χ1n) is 10.6. The Balaban J connectivity index is 1.61. The fraction of sp³-hybridized carbons (Fsp3) is 0.115. The van der Waals surface area contributed by atoms with Crippen LogP contribution in [-0.2, 0) is 18.0 Å². The van der Waals surface area contributed by atoms with E-state index in [1.807, 2.05) is 6.07 Å². The van der Waals surface area contributed by atoms with Crippen LogP contribution in [0.15, 0.2) is 81.5 Å². The molecule has 0 unspecified atom stereocenters. The van der Waals surface area contributed by atoms with Crippen LogP contribution in [-0.4, -0.2) is 15.3 Å². The zero-order chi connectivity index (χ0) is 26.0. The van der Waals surface area contributed by atoms with Gasteiger partial charge in [0.25, 0.3) is 11.5 Å². The number of para-hydroxylation sites is 1. The minimum atomic E-state index is -4.51. The third-order valence-electron chi connectivity index (χ3n) is 5.55. The molecule has 0 saturated heterocycles. The molecular weight excluding hydrogens is 473 g/mol. The Kier molecular flexibility index (Phi) is 6.40. The van der Waals surface area contributed by atoms with Crippen LogP contribution in [0.5, 0.6) is 0 Å². The van der Waals surface area contributed by atoms with Crippen molar-refractivity contribution in [2.45, 2.75) is 13.1 Å². The molecule has 0 fully saturated rings. The number of aromatic nitrogens is 2. The average molecular weight is 492 g/mol. The Bertz CT molecular complexity index is 1570. The van der Waals surface area contributed by atoms with Crippen molar-refractivity contribution in [3.63, 3.8) is 0 Å². The molecule has 0 aliphatic rings. The molecule has 36 heavy (non-hydrogen) atoms. The summed E-state index contributed by atoms with van der Waals surface area (Å²) in [6.45, 7) is 1.65. The summed E-state index contributed by atoms with van der Waals surface area (Å²) in [6, 6.07) is 18.1. The van der Waals surface area contributed by atoms with Gasteiger partial charge in [-0.15, -0.1) is 0 Å². The molecule has 1 amide bonds. The number of rotatable bonds is 5. The number of alkyl halides is 3. The van der Waals surface area contributed by atoms with Gasteiger partial charge in [0.15, 0.2) is 0 Å². The number of amides is 1. The number of nitrogens with one attached hydrogen (secondary N) is 1. The van der Waals surface area contributed by atoms with Crippen molar-refractivity contribution in [3.8, 4) is 23.1 Å². The number of halogens is 3. The molecule has 2 aromatic carbocycles. The quantitative estimate of drug-likeness (QED) is 0.302. The monoisotopic (exact) mass is 492 g/mol. The maximum absolute atomic E-state index is 13.0. The van der Waals surface area contributed by atoms with Gasteiger partial charge in [0.1, 0.15) is 28.9 Å². The van der Waals surface area contributed by atoms with Crippen molar-refractivity contribution in [3.05, 3.63) is 99.7 Å². The van der Waals surface area contributed by atoms with Crippen molar-refractivity contribution >= 4 is 17.7 Å². The van der Waals surface area contributed by atoms with Crippen LogP contribution >= 0.6 is 0 Å². The molecule has 10 heteroatoms. The lowest BCUT2D eigenvalue weighted by Crippen LogP contribution is -2.23. The number of carbonyl (C=O) groups is 1. The van der Waals surface area contributed by atoms with Crippen LogP contribution in [0, 0.1) is 18.3 Å². The standard InChI is InChI=1S/C26H19F3N4O3/c1-16-23(25(35)33(32(16)2)20-9-4-3-5-10-20)31-24(34)18(15-30)14-21-11-12-22(36-21)17-7-6-8-19(13-17)26(27,28)29/h3-14H,1-2H3,(H,31,34)/b18-14-. The van der Waals surface area contributed by atoms with Crippen LogP contribution in [0.4, 0.5) is 18.9 Å². The molecule has 182 valence electrons. The lowest BCUT2D eigenvalue weighted by Gasteiger charge is -2.07. The first-order valence-corrected chi connectivity index (χ1v) is 10.6. The molecular formula is C26H19F3N4O3. The molecule has 0 aliphatic carbocycles. The SMILES string of the molecule is Cc1c(NC(=O)/C(C#N)=C\c2ccc(-c3cccc(C(F)(F)F)c3)o2)c(=O)n(-c2ccccc2)n1C. The summed E-state index contributed by atoms with van der Waals surface area (Å²) < 4.78 is 47.5. The highest BCUT2D eigenvalue weighted by Gasteiger charge is 2.30. The van der Waals surface area contributed by atoms with E-state index < -0.39 is 23.2 Å². The first kappa shape index (κ1) is 24.3. The molecule has 7 nitrogen and oxygen atoms in total. The van der Waals surface area contributed by atoms with Gasteiger partial charge in [0.2, 0.25) is 0 Å². The minimum absolute atomic E-state index is 0.0107. The van der Waals surface area contributed by atoms with E-state index in [0.29, 0.717) is 11.4 Å². The molecule has 0 saturated carbocycles. The van der Waals surface area contributed by atoms with Gasteiger partial charge in [-0.1, -0.05) is 30.3 Å². The van der Waals surface area contributed by atoms with Gasteiger partial charge in [-0.3, -0.25) is 14.3 Å². The normalized spacial score (nSPS) is 11.8. The fourth-order valence-electron chi connectivity index (χ4n) is 3.62. The number of hydrogen-bond donors (Lipinski definition) is 1. The average Bonchev–Trinajstić information content (AvgIpc) is 3.41. The molecule has 1 N–H and O–H groups in total. The molecule has 2 aromatic heterocycles. The zero-order valence-electron chi connectivity index (χ0n) is 19.1. The summed E-state index contributed by atoms with van der Waals surface area (Å²) in [4.78, 5) is 25.8. The molecule has 2 heterocycles. The van der Waals surface area contributed by atoms with Gasteiger partial charge in [0, 0.05) is 18.7 Å². The summed E-state index contributed by atoms with van der Waals surface area (Å²) in [5.74, 6) is -0.615. The predicted molar refractivity (Wildman–Crippen MR) is 127 cm³/mol. The number of nitriles is 1. The number of furan rings is 1. The van der Waals surface area contributed by atoms with E-state index in [-0.39, 0.29) is 28.3 Å². The van der Waals surface area contributed by atoms with Gasteiger partial charge in [-0.2, -0.15) is 18.4 Å². The van der Waals surface area contributed by atoms with Crippen molar-refractivity contribution in [1.82, 2.24) is 9.36 Å². The third-order valence-corrected chi connectivity index (χ3v) is 5.55. The number of benzene rings is 2.